The summed E-state index contributed by atoms with van der Waals surface area (Å²) in [7, 11) is 0. The number of halogens is 1. The van der Waals surface area contributed by atoms with E-state index in [2.05, 4.69) is 35.3 Å². The summed E-state index contributed by atoms with van der Waals surface area (Å²) in [5.74, 6) is 1.04. The van der Waals surface area contributed by atoms with Gasteiger partial charge in [-0.25, -0.2) is 9.97 Å². The van der Waals surface area contributed by atoms with Gasteiger partial charge in [0.25, 0.3) is 0 Å². The summed E-state index contributed by atoms with van der Waals surface area (Å²) >= 11 is 6.09. The molecule has 0 bridgehead atoms. The summed E-state index contributed by atoms with van der Waals surface area (Å²) in [5, 5.41) is 0.675. The van der Waals surface area contributed by atoms with Crippen LogP contribution in [0.5, 0.6) is 0 Å². The Morgan fingerprint density at radius 2 is 2.20 bits per heavy atom. The third kappa shape index (κ3) is 1.61. The van der Waals surface area contributed by atoms with E-state index in [0.29, 0.717) is 11.1 Å². The van der Waals surface area contributed by atoms with E-state index in [1.54, 1.807) is 12.3 Å². The van der Waals surface area contributed by atoms with Gasteiger partial charge in [-0.1, -0.05) is 18.5 Å². The molecule has 2 rings (SSSR count). The highest BCUT2D eigenvalue weighted by molar-refractivity contribution is 6.34. The van der Waals surface area contributed by atoms with Crippen molar-refractivity contribution in [2.24, 2.45) is 0 Å². The zero-order valence-corrected chi connectivity index (χ0v) is 9.91. The molecule has 0 aliphatic heterocycles. The van der Waals surface area contributed by atoms with Crippen LogP contribution < -0.4 is 0 Å². The van der Waals surface area contributed by atoms with Crippen LogP contribution in [-0.4, -0.2) is 14.5 Å². The zero-order valence-electron chi connectivity index (χ0n) is 9.16. The minimum Gasteiger partial charge on any atom is -0.310 e. The lowest BCUT2D eigenvalue weighted by Gasteiger charge is -2.10. The molecule has 0 amide bonds. The fraction of sp³-hybridized carbons (Fsp3) is 0.455. The van der Waals surface area contributed by atoms with Gasteiger partial charge in [0.1, 0.15) is 11.3 Å². The number of nitrogens with zero attached hydrogens (tertiary/aromatic N) is 3. The van der Waals surface area contributed by atoms with Crippen LogP contribution in [0.25, 0.3) is 11.2 Å². The topological polar surface area (TPSA) is 30.7 Å². The van der Waals surface area contributed by atoms with Crippen LogP contribution in [-0.2, 0) is 6.42 Å². The molecule has 2 heterocycles. The van der Waals surface area contributed by atoms with E-state index in [-0.39, 0.29) is 0 Å². The number of fused-ring (bicyclic) bond motifs is 1. The van der Waals surface area contributed by atoms with E-state index in [0.717, 1.165) is 23.4 Å². The summed E-state index contributed by atoms with van der Waals surface area (Å²) in [5.41, 5.74) is 1.69. The highest BCUT2D eigenvalue weighted by Gasteiger charge is 2.14. The lowest BCUT2D eigenvalue weighted by atomic mass is 10.3. The maximum absolute atomic E-state index is 6.09. The Balaban J connectivity index is 2.80. The smallest absolute Gasteiger partial charge is 0.161 e. The maximum atomic E-state index is 6.09. The quantitative estimate of drug-likeness (QED) is 0.783. The van der Waals surface area contributed by atoms with E-state index in [9.17, 15) is 0 Å². The molecule has 0 saturated carbocycles. The molecular weight excluding hydrogens is 210 g/mol. The third-order valence-corrected chi connectivity index (χ3v) is 2.74. The lowest BCUT2D eigenvalue weighted by molar-refractivity contribution is 0.584. The summed E-state index contributed by atoms with van der Waals surface area (Å²) in [6.07, 6.45) is 2.62. The summed E-state index contributed by atoms with van der Waals surface area (Å²) in [4.78, 5) is 8.87. The number of hydrogen-bond acceptors (Lipinski definition) is 2. The van der Waals surface area contributed by atoms with Gasteiger partial charge in [-0.2, -0.15) is 0 Å². The standard InChI is InChI=1S/C11H14ClN3/c1-4-9-14-10-8(12)5-6-13-11(10)15(9)7(2)3/h5-7H,4H2,1-3H3. The fourth-order valence-electron chi connectivity index (χ4n) is 1.80. The predicted molar refractivity (Wildman–Crippen MR) is 62.3 cm³/mol. The van der Waals surface area contributed by atoms with Crippen LogP contribution in [0.15, 0.2) is 12.3 Å². The molecule has 0 fully saturated rings. The number of hydrogen-bond donors (Lipinski definition) is 0. The minimum atomic E-state index is 0.357. The Morgan fingerprint density at radius 3 is 2.80 bits per heavy atom. The van der Waals surface area contributed by atoms with Gasteiger partial charge in [-0.15, -0.1) is 0 Å². The molecule has 0 radical (unpaired) electrons. The average Bonchev–Trinajstić information content (AvgIpc) is 2.57. The zero-order chi connectivity index (χ0) is 11.0. The second-order valence-electron chi connectivity index (χ2n) is 3.81. The summed E-state index contributed by atoms with van der Waals surface area (Å²) in [6, 6.07) is 2.14. The van der Waals surface area contributed by atoms with Gasteiger partial charge >= 0.3 is 0 Å². The lowest BCUT2D eigenvalue weighted by Crippen LogP contribution is -2.05. The molecule has 0 aromatic carbocycles. The molecule has 2 aromatic rings. The molecule has 15 heavy (non-hydrogen) atoms. The maximum Gasteiger partial charge on any atom is 0.161 e. The molecule has 0 aliphatic rings. The van der Waals surface area contributed by atoms with Crippen molar-refractivity contribution in [3.05, 3.63) is 23.1 Å². The first-order chi connectivity index (χ1) is 7.15. The van der Waals surface area contributed by atoms with Gasteiger partial charge in [-0.3, -0.25) is 0 Å². The van der Waals surface area contributed by atoms with Crippen molar-refractivity contribution >= 4 is 22.8 Å². The normalized spacial score (nSPS) is 11.5. The van der Waals surface area contributed by atoms with E-state index in [1.165, 1.54) is 0 Å². The van der Waals surface area contributed by atoms with E-state index in [1.807, 2.05) is 0 Å². The van der Waals surface area contributed by atoms with Crippen molar-refractivity contribution in [1.82, 2.24) is 14.5 Å². The molecule has 0 aliphatic carbocycles. The van der Waals surface area contributed by atoms with Crippen LogP contribution in [0.3, 0.4) is 0 Å². The summed E-state index contributed by atoms with van der Waals surface area (Å²) in [6.45, 7) is 6.35. The third-order valence-electron chi connectivity index (χ3n) is 2.44. The van der Waals surface area contributed by atoms with Crippen LogP contribution in [0.1, 0.15) is 32.6 Å². The predicted octanol–water partition coefficient (Wildman–Crippen LogP) is 3.23. The Bertz CT molecular complexity index is 488. The van der Waals surface area contributed by atoms with Crippen LogP contribution in [0.4, 0.5) is 0 Å². The van der Waals surface area contributed by atoms with E-state index < -0.39 is 0 Å². The molecule has 0 spiro atoms. The van der Waals surface area contributed by atoms with Crippen LogP contribution >= 0.6 is 11.6 Å². The molecule has 0 saturated heterocycles. The highest BCUT2D eigenvalue weighted by atomic mass is 35.5. The average molecular weight is 224 g/mol. The Labute approximate surface area is 94.1 Å². The second kappa shape index (κ2) is 3.81. The molecular formula is C11H14ClN3. The molecule has 80 valence electrons. The van der Waals surface area contributed by atoms with Crippen molar-refractivity contribution in [1.29, 1.82) is 0 Å². The number of imidazole rings is 1. The first kappa shape index (κ1) is 10.4. The number of aryl methyl sites for hydroxylation is 1. The van der Waals surface area contributed by atoms with Crippen molar-refractivity contribution in [2.45, 2.75) is 33.2 Å². The van der Waals surface area contributed by atoms with Crippen molar-refractivity contribution in [3.63, 3.8) is 0 Å². The van der Waals surface area contributed by atoms with Crippen LogP contribution in [0.2, 0.25) is 5.02 Å². The minimum absolute atomic E-state index is 0.357. The molecule has 0 atom stereocenters. The highest BCUT2D eigenvalue weighted by Crippen LogP contribution is 2.24. The van der Waals surface area contributed by atoms with E-state index >= 15 is 0 Å². The molecule has 4 heteroatoms. The Morgan fingerprint density at radius 1 is 1.47 bits per heavy atom. The fourth-order valence-corrected chi connectivity index (χ4v) is 1.98. The first-order valence-electron chi connectivity index (χ1n) is 5.16. The van der Waals surface area contributed by atoms with Gasteiger partial charge in [-0.05, 0) is 19.9 Å². The van der Waals surface area contributed by atoms with Gasteiger partial charge in [0.2, 0.25) is 0 Å². The Kier molecular flexibility index (Phi) is 2.65. The van der Waals surface area contributed by atoms with Crippen molar-refractivity contribution in [2.75, 3.05) is 0 Å². The van der Waals surface area contributed by atoms with Gasteiger partial charge in [0.15, 0.2) is 5.65 Å². The molecule has 3 nitrogen and oxygen atoms in total. The summed E-state index contributed by atoms with van der Waals surface area (Å²) < 4.78 is 2.14. The van der Waals surface area contributed by atoms with Gasteiger partial charge in [0.05, 0.1) is 5.02 Å². The SMILES string of the molecule is CCc1nc2c(Cl)ccnc2n1C(C)C. The first-order valence-corrected chi connectivity index (χ1v) is 5.54. The van der Waals surface area contributed by atoms with E-state index in [4.69, 9.17) is 11.6 Å². The molecule has 0 unspecified atom stereocenters. The number of aromatic nitrogens is 3. The number of rotatable bonds is 2. The number of pyridine rings is 1. The largest absolute Gasteiger partial charge is 0.310 e. The monoisotopic (exact) mass is 223 g/mol. The second-order valence-corrected chi connectivity index (χ2v) is 4.22. The Hall–Kier alpha value is -1.09. The van der Waals surface area contributed by atoms with Crippen LogP contribution in [0, 0.1) is 0 Å². The van der Waals surface area contributed by atoms with Gasteiger partial charge < -0.3 is 4.57 Å². The molecule has 0 N–H and O–H groups in total. The van der Waals surface area contributed by atoms with Crippen molar-refractivity contribution in [3.8, 4) is 0 Å². The van der Waals surface area contributed by atoms with Crippen molar-refractivity contribution < 1.29 is 0 Å². The van der Waals surface area contributed by atoms with Gasteiger partial charge in [0, 0.05) is 18.7 Å². The molecule has 2 aromatic heterocycles.